The summed E-state index contributed by atoms with van der Waals surface area (Å²) in [6, 6.07) is 4.71. The second-order valence-corrected chi connectivity index (χ2v) is 6.16. The topological polar surface area (TPSA) is 69.1 Å². The Kier molecular flexibility index (Phi) is 4.04. The van der Waals surface area contributed by atoms with E-state index in [9.17, 15) is 17.4 Å². The van der Waals surface area contributed by atoms with E-state index in [0.717, 1.165) is 0 Å². The predicted octanol–water partition coefficient (Wildman–Crippen LogP) is 2.77. The van der Waals surface area contributed by atoms with E-state index in [1.54, 1.807) is 18.2 Å². The highest BCUT2D eigenvalue weighted by atomic mass is 32.2. The van der Waals surface area contributed by atoms with Gasteiger partial charge in [-0.2, -0.15) is 13.2 Å². The van der Waals surface area contributed by atoms with Crippen LogP contribution in [0.5, 0.6) is 0 Å². The van der Waals surface area contributed by atoms with Crippen LogP contribution in [0.25, 0.3) is 11.1 Å². The number of oxazole rings is 1. The van der Waals surface area contributed by atoms with E-state index in [2.05, 4.69) is 4.98 Å². The Balaban J connectivity index is 2.05. The zero-order chi connectivity index (χ0) is 14.0. The fourth-order valence-electron chi connectivity index (χ4n) is 1.34. The van der Waals surface area contributed by atoms with Gasteiger partial charge in [0, 0.05) is 17.2 Å². The number of thioether (sulfide) groups is 1. The molecule has 1 heterocycles. The number of alkyl halides is 3. The van der Waals surface area contributed by atoms with Crippen LogP contribution in [0.15, 0.2) is 27.8 Å². The molecule has 19 heavy (non-hydrogen) atoms. The molecule has 1 atom stereocenters. The zero-order valence-corrected chi connectivity index (χ0v) is 11.1. The Morgan fingerprint density at radius 3 is 2.84 bits per heavy atom. The first kappa shape index (κ1) is 14.2. The minimum Gasteiger partial charge on any atom is -0.430 e. The van der Waals surface area contributed by atoms with Crippen LogP contribution < -0.4 is 5.73 Å². The third-order valence-electron chi connectivity index (χ3n) is 2.12. The molecule has 1 aromatic heterocycles. The number of nitrogens with two attached hydrogens (primary N) is 1. The quantitative estimate of drug-likeness (QED) is 0.879. The lowest BCUT2D eigenvalue weighted by Crippen LogP contribution is -2.07. The molecule has 0 saturated carbocycles. The van der Waals surface area contributed by atoms with E-state index >= 15 is 0 Å². The van der Waals surface area contributed by atoms with Crippen molar-refractivity contribution in [2.24, 2.45) is 0 Å². The molecular formula is C10H9F3N2O2S2. The molecule has 0 fully saturated rings. The molecule has 9 heteroatoms. The van der Waals surface area contributed by atoms with Crippen LogP contribution in [0.3, 0.4) is 0 Å². The number of halogens is 3. The van der Waals surface area contributed by atoms with Gasteiger partial charge in [-0.05, 0) is 18.2 Å². The van der Waals surface area contributed by atoms with Crippen LogP contribution in [0, 0.1) is 0 Å². The molecule has 1 aromatic carbocycles. The number of hydrogen-bond acceptors (Lipinski definition) is 5. The average Bonchev–Trinajstić information content (AvgIpc) is 2.70. The predicted molar refractivity (Wildman–Crippen MR) is 68.2 cm³/mol. The van der Waals surface area contributed by atoms with Gasteiger partial charge in [-0.25, -0.2) is 9.19 Å². The number of hydrogen-bond donors (Lipinski definition) is 1. The Labute approximate surface area is 113 Å². The van der Waals surface area contributed by atoms with Crippen molar-refractivity contribution in [1.82, 2.24) is 4.98 Å². The molecule has 0 aliphatic carbocycles. The van der Waals surface area contributed by atoms with Gasteiger partial charge >= 0.3 is 5.51 Å². The number of fused-ring (bicyclic) bond motifs is 1. The Morgan fingerprint density at radius 1 is 1.42 bits per heavy atom. The van der Waals surface area contributed by atoms with Crippen LogP contribution >= 0.6 is 11.8 Å². The van der Waals surface area contributed by atoms with Crippen molar-refractivity contribution in [1.29, 1.82) is 0 Å². The largest absolute Gasteiger partial charge is 0.441 e. The summed E-state index contributed by atoms with van der Waals surface area (Å²) >= 11 is -0.217. The molecule has 0 bridgehead atoms. The van der Waals surface area contributed by atoms with E-state index in [-0.39, 0.29) is 28.5 Å². The molecule has 0 saturated heterocycles. The summed E-state index contributed by atoms with van der Waals surface area (Å²) in [4.78, 5) is 3.95. The van der Waals surface area contributed by atoms with Crippen LogP contribution in [0.4, 0.5) is 18.9 Å². The van der Waals surface area contributed by atoms with Crippen molar-refractivity contribution >= 4 is 39.3 Å². The van der Waals surface area contributed by atoms with Gasteiger partial charge in [-0.15, -0.1) is 0 Å². The van der Waals surface area contributed by atoms with Crippen molar-refractivity contribution in [3.8, 4) is 0 Å². The standard InChI is InChI=1S/C10H9F3N2O2S2/c11-10(12,13)18-3-4-19(16)9-15-7-5-6(14)1-2-8(7)17-9/h1-2,5H,3-4,14H2. The minimum atomic E-state index is -4.32. The number of aromatic nitrogens is 1. The molecule has 2 rings (SSSR count). The monoisotopic (exact) mass is 310 g/mol. The van der Waals surface area contributed by atoms with Crippen LogP contribution in [0.2, 0.25) is 0 Å². The first-order chi connectivity index (χ1) is 8.85. The SMILES string of the molecule is Nc1ccc2oc(S(=O)CCSC(F)(F)F)nc2c1. The highest BCUT2D eigenvalue weighted by Gasteiger charge is 2.28. The Bertz CT molecular complexity index is 612. The second-order valence-electron chi connectivity index (χ2n) is 3.55. The van der Waals surface area contributed by atoms with Crippen molar-refractivity contribution in [2.45, 2.75) is 10.7 Å². The van der Waals surface area contributed by atoms with Crippen LogP contribution in [-0.4, -0.2) is 26.2 Å². The number of nitrogens with zero attached hydrogens (tertiary/aromatic N) is 1. The van der Waals surface area contributed by atoms with Gasteiger partial charge in [0.2, 0.25) is 0 Å². The normalized spacial score (nSPS) is 13.8. The van der Waals surface area contributed by atoms with Gasteiger partial charge in [-0.3, -0.25) is 0 Å². The summed E-state index contributed by atoms with van der Waals surface area (Å²) in [6.45, 7) is 0. The third kappa shape index (κ3) is 3.87. The summed E-state index contributed by atoms with van der Waals surface area (Å²) in [5.74, 6) is -0.483. The van der Waals surface area contributed by atoms with Crippen molar-refractivity contribution in [3.05, 3.63) is 18.2 Å². The number of anilines is 1. The van der Waals surface area contributed by atoms with E-state index in [4.69, 9.17) is 10.2 Å². The lowest BCUT2D eigenvalue weighted by atomic mass is 10.3. The average molecular weight is 310 g/mol. The summed E-state index contributed by atoms with van der Waals surface area (Å²) in [7, 11) is -1.70. The summed E-state index contributed by atoms with van der Waals surface area (Å²) < 4.78 is 52.7. The molecule has 104 valence electrons. The number of rotatable bonds is 4. The molecule has 0 aliphatic heterocycles. The first-order valence-electron chi connectivity index (χ1n) is 5.10. The molecule has 2 N–H and O–H groups in total. The molecule has 0 radical (unpaired) electrons. The molecule has 0 spiro atoms. The van der Waals surface area contributed by atoms with Crippen LogP contribution in [-0.2, 0) is 10.8 Å². The maximum absolute atomic E-state index is 11.9. The maximum atomic E-state index is 11.9. The second kappa shape index (κ2) is 5.41. The maximum Gasteiger partial charge on any atom is 0.441 e. The highest BCUT2D eigenvalue weighted by Crippen LogP contribution is 2.30. The highest BCUT2D eigenvalue weighted by molar-refractivity contribution is 8.00. The van der Waals surface area contributed by atoms with E-state index < -0.39 is 16.3 Å². The molecule has 1 unspecified atom stereocenters. The third-order valence-corrected chi connectivity index (χ3v) is 4.25. The minimum absolute atomic E-state index is 0.0802. The van der Waals surface area contributed by atoms with Crippen molar-refractivity contribution in [2.75, 3.05) is 17.2 Å². The van der Waals surface area contributed by atoms with Gasteiger partial charge in [0.25, 0.3) is 5.22 Å². The van der Waals surface area contributed by atoms with Crippen molar-refractivity contribution < 1.29 is 21.8 Å². The first-order valence-corrected chi connectivity index (χ1v) is 7.41. The Hall–Kier alpha value is -1.22. The van der Waals surface area contributed by atoms with Gasteiger partial charge in [0.1, 0.15) is 16.3 Å². The number of benzene rings is 1. The van der Waals surface area contributed by atoms with Gasteiger partial charge in [0.05, 0.1) is 0 Å². The van der Waals surface area contributed by atoms with Gasteiger partial charge in [-0.1, -0.05) is 11.8 Å². The molecule has 2 aromatic rings. The molecular weight excluding hydrogens is 301 g/mol. The Morgan fingerprint density at radius 2 is 2.16 bits per heavy atom. The fourth-order valence-corrected chi connectivity index (χ4v) is 3.07. The lowest BCUT2D eigenvalue weighted by molar-refractivity contribution is -0.0326. The molecule has 4 nitrogen and oxygen atoms in total. The summed E-state index contributed by atoms with van der Waals surface area (Å²) in [6.07, 6.45) is 0. The summed E-state index contributed by atoms with van der Waals surface area (Å²) in [5, 5.41) is -0.0802. The fraction of sp³-hybridized carbons (Fsp3) is 0.300. The smallest absolute Gasteiger partial charge is 0.430 e. The van der Waals surface area contributed by atoms with Gasteiger partial charge in [0.15, 0.2) is 5.58 Å². The molecule has 0 aliphatic rings. The van der Waals surface area contributed by atoms with Crippen LogP contribution in [0.1, 0.15) is 0 Å². The summed E-state index contributed by atoms with van der Waals surface area (Å²) in [5.41, 5.74) is 2.55. The van der Waals surface area contributed by atoms with E-state index in [1.165, 1.54) is 0 Å². The van der Waals surface area contributed by atoms with E-state index in [0.29, 0.717) is 16.8 Å². The zero-order valence-electron chi connectivity index (χ0n) is 9.44. The number of nitrogen functional groups attached to an aromatic ring is 1. The van der Waals surface area contributed by atoms with E-state index in [1.807, 2.05) is 0 Å². The lowest BCUT2D eigenvalue weighted by Gasteiger charge is -2.03. The van der Waals surface area contributed by atoms with Gasteiger partial charge < -0.3 is 10.2 Å². The molecule has 0 amide bonds. The van der Waals surface area contributed by atoms with Crippen molar-refractivity contribution in [3.63, 3.8) is 0 Å².